The van der Waals surface area contributed by atoms with Crippen molar-refractivity contribution >= 4 is 17.3 Å². The van der Waals surface area contributed by atoms with Gasteiger partial charge in [0.15, 0.2) is 5.65 Å². The Labute approximate surface area is 128 Å². The first-order chi connectivity index (χ1) is 10.8. The highest BCUT2D eigenvalue weighted by Crippen LogP contribution is 2.20. The van der Waals surface area contributed by atoms with Crippen LogP contribution in [0, 0.1) is 6.92 Å². The molecule has 1 saturated heterocycles. The van der Waals surface area contributed by atoms with E-state index in [1.54, 1.807) is 12.7 Å². The van der Waals surface area contributed by atoms with Crippen LogP contribution >= 0.6 is 0 Å². The van der Waals surface area contributed by atoms with E-state index in [9.17, 15) is 0 Å². The molecule has 0 bridgehead atoms. The van der Waals surface area contributed by atoms with Gasteiger partial charge in [0.25, 0.3) is 0 Å². The van der Waals surface area contributed by atoms with Gasteiger partial charge in [-0.05, 0) is 19.1 Å². The second kappa shape index (κ2) is 5.25. The minimum absolute atomic E-state index is 0.881. The van der Waals surface area contributed by atoms with Crippen LogP contribution in [0.5, 0.6) is 0 Å². The zero-order valence-electron chi connectivity index (χ0n) is 12.4. The molecule has 0 amide bonds. The summed E-state index contributed by atoms with van der Waals surface area (Å²) in [6.45, 7) is 5.76. The number of fused-ring (bicyclic) bond motifs is 1. The molecule has 4 rings (SSSR count). The molecule has 1 aliphatic heterocycles. The van der Waals surface area contributed by atoms with Crippen molar-refractivity contribution in [3.05, 3.63) is 42.6 Å². The number of rotatable bonds is 2. The summed E-state index contributed by atoms with van der Waals surface area (Å²) in [5.74, 6) is 2.15. The molecule has 0 aromatic carbocycles. The first-order valence-corrected chi connectivity index (χ1v) is 7.38. The quantitative estimate of drug-likeness (QED) is 0.707. The third-order valence-corrected chi connectivity index (χ3v) is 4.03. The van der Waals surface area contributed by atoms with Gasteiger partial charge in [0.1, 0.15) is 24.3 Å². The molecule has 0 saturated carbocycles. The first-order valence-electron chi connectivity index (χ1n) is 7.38. The summed E-state index contributed by atoms with van der Waals surface area (Å²) in [7, 11) is 0. The van der Waals surface area contributed by atoms with Gasteiger partial charge in [-0.2, -0.15) is 0 Å². The maximum absolute atomic E-state index is 4.37. The molecule has 7 heteroatoms. The van der Waals surface area contributed by atoms with Crippen LogP contribution in [-0.4, -0.2) is 50.7 Å². The summed E-state index contributed by atoms with van der Waals surface area (Å²) < 4.78 is 2.03. The van der Waals surface area contributed by atoms with Crippen LogP contribution in [0.1, 0.15) is 5.69 Å². The largest absolute Gasteiger partial charge is 0.354 e. The van der Waals surface area contributed by atoms with Gasteiger partial charge in [-0.1, -0.05) is 6.07 Å². The Morgan fingerprint density at radius 1 is 1.00 bits per heavy atom. The molecule has 3 aromatic heterocycles. The van der Waals surface area contributed by atoms with Crippen molar-refractivity contribution in [3.8, 4) is 0 Å². The van der Waals surface area contributed by atoms with Crippen molar-refractivity contribution in [3.63, 3.8) is 0 Å². The Kier molecular flexibility index (Phi) is 3.10. The van der Waals surface area contributed by atoms with Crippen LogP contribution < -0.4 is 9.80 Å². The van der Waals surface area contributed by atoms with Gasteiger partial charge in [0.2, 0.25) is 0 Å². The monoisotopic (exact) mass is 295 g/mol. The lowest BCUT2D eigenvalue weighted by Crippen LogP contribution is -2.47. The summed E-state index contributed by atoms with van der Waals surface area (Å²) in [5.41, 5.74) is 1.88. The molecule has 1 aliphatic rings. The van der Waals surface area contributed by atoms with Gasteiger partial charge in [-0.3, -0.25) is 4.40 Å². The highest BCUT2D eigenvalue weighted by Gasteiger charge is 2.20. The Morgan fingerprint density at radius 3 is 2.64 bits per heavy atom. The standard InChI is InChI=1S/C15H17N7/c1-12-9-14(17-10-16-12)20-5-7-21(8-6-20)15-4-2-3-13-19-18-11-22(13)15/h2-4,9-11H,5-8H2,1H3. The molecule has 112 valence electrons. The normalized spacial score (nSPS) is 15.5. The smallest absolute Gasteiger partial charge is 0.162 e. The Morgan fingerprint density at radius 2 is 1.82 bits per heavy atom. The van der Waals surface area contributed by atoms with Gasteiger partial charge in [0.05, 0.1) is 0 Å². The summed E-state index contributed by atoms with van der Waals surface area (Å²) >= 11 is 0. The van der Waals surface area contributed by atoms with E-state index in [0.29, 0.717) is 0 Å². The number of hydrogen-bond donors (Lipinski definition) is 0. The molecular formula is C15H17N7. The SMILES string of the molecule is Cc1cc(N2CCN(c3cccc4nncn34)CC2)ncn1. The minimum Gasteiger partial charge on any atom is -0.354 e. The number of nitrogens with zero attached hydrogens (tertiary/aromatic N) is 7. The summed E-state index contributed by atoms with van der Waals surface area (Å²) in [5, 5.41) is 8.09. The van der Waals surface area contributed by atoms with Gasteiger partial charge in [-0.15, -0.1) is 10.2 Å². The summed E-state index contributed by atoms with van der Waals surface area (Å²) in [6, 6.07) is 8.15. The van der Waals surface area contributed by atoms with E-state index < -0.39 is 0 Å². The van der Waals surface area contributed by atoms with Crippen LogP contribution in [0.3, 0.4) is 0 Å². The fraction of sp³-hybridized carbons (Fsp3) is 0.333. The van der Waals surface area contributed by atoms with Crippen molar-refractivity contribution in [2.75, 3.05) is 36.0 Å². The van der Waals surface area contributed by atoms with Gasteiger partial charge in [-0.25, -0.2) is 9.97 Å². The number of anilines is 2. The maximum atomic E-state index is 4.37. The van der Waals surface area contributed by atoms with Crippen LogP contribution in [0.4, 0.5) is 11.6 Å². The lowest BCUT2D eigenvalue weighted by molar-refractivity contribution is 0.638. The molecule has 7 nitrogen and oxygen atoms in total. The van der Waals surface area contributed by atoms with E-state index in [0.717, 1.165) is 49.2 Å². The number of pyridine rings is 1. The highest BCUT2D eigenvalue weighted by atomic mass is 15.3. The maximum Gasteiger partial charge on any atom is 0.162 e. The van der Waals surface area contributed by atoms with Crippen molar-refractivity contribution in [2.45, 2.75) is 6.92 Å². The van der Waals surface area contributed by atoms with Crippen LogP contribution in [0.2, 0.25) is 0 Å². The zero-order chi connectivity index (χ0) is 14.9. The van der Waals surface area contributed by atoms with E-state index in [1.165, 1.54) is 0 Å². The van der Waals surface area contributed by atoms with E-state index in [-0.39, 0.29) is 0 Å². The number of piperazine rings is 1. The first kappa shape index (κ1) is 13.0. The van der Waals surface area contributed by atoms with Crippen molar-refractivity contribution in [1.82, 2.24) is 24.6 Å². The van der Waals surface area contributed by atoms with E-state index >= 15 is 0 Å². The predicted octanol–water partition coefficient (Wildman–Crippen LogP) is 1.15. The zero-order valence-corrected chi connectivity index (χ0v) is 12.4. The van der Waals surface area contributed by atoms with Crippen molar-refractivity contribution < 1.29 is 0 Å². The summed E-state index contributed by atoms with van der Waals surface area (Å²) in [4.78, 5) is 13.2. The Hall–Kier alpha value is -2.70. The second-order valence-corrected chi connectivity index (χ2v) is 5.43. The number of aromatic nitrogens is 5. The molecule has 0 atom stereocenters. The molecule has 4 heterocycles. The molecule has 22 heavy (non-hydrogen) atoms. The lowest BCUT2D eigenvalue weighted by atomic mass is 10.3. The third kappa shape index (κ3) is 2.24. The van der Waals surface area contributed by atoms with E-state index in [1.807, 2.05) is 29.5 Å². The van der Waals surface area contributed by atoms with Crippen LogP contribution in [-0.2, 0) is 0 Å². The second-order valence-electron chi connectivity index (χ2n) is 5.43. The molecular weight excluding hydrogens is 278 g/mol. The van der Waals surface area contributed by atoms with Crippen molar-refractivity contribution in [1.29, 1.82) is 0 Å². The molecule has 3 aromatic rings. The summed E-state index contributed by atoms with van der Waals surface area (Å²) in [6.07, 6.45) is 3.40. The average molecular weight is 295 g/mol. The topological polar surface area (TPSA) is 62.5 Å². The minimum atomic E-state index is 0.881. The fourth-order valence-corrected chi connectivity index (χ4v) is 2.87. The molecule has 0 spiro atoms. The molecule has 0 unspecified atom stereocenters. The highest BCUT2D eigenvalue weighted by molar-refractivity contribution is 5.52. The van der Waals surface area contributed by atoms with E-state index in [4.69, 9.17) is 0 Å². The van der Waals surface area contributed by atoms with Crippen molar-refractivity contribution in [2.24, 2.45) is 0 Å². The fourth-order valence-electron chi connectivity index (χ4n) is 2.87. The molecule has 0 N–H and O–H groups in total. The number of hydrogen-bond acceptors (Lipinski definition) is 6. The molecule has 1 fully saturated rings. The Bertz CT molecular complexity index is 789. The molecule has 0 aliphatic carbocycles. The van der Waals surface area contributed by atoms with E-state index in [2.05, 4.69) is 36.0 Å². The van der Waals surface area contributed by atoms with Gasteiger partial charge in [0, 0.05) is 37.9 Å². The predicted molar refractivity (Wildman–Crippen MR) is 84.2 cm³/mol. The van der Waals surface area contributed by atoms with Crippen LogP contribution in [0.15, 0.2) is 36.9 Å². The Balaban J connectivity index is 1.53. The van der Waals surface area contributed by atoms with Gasteiger partial charge >= 0.3 is 0 Å². The molecule has 0 radical (unpaired) electrons. The average Bonchev–Trinajstić information content (AvgIpc) is 3.04. The number of aryl methyl sites for hydroxylation is 1. The van der Waals surface area contributed by atoms with Crippen LogP contribution in [0.25, 0.3) is 5.65 Å². The van der Waals surface area contributed by atoms with Gasteiger partial charge < -0.3 is 9.80 Å². The lowest BCUT2D eigenvalue weighted by Gasteiger charge is -2.36. The third-order valence-electron chi connectivity index (χ3n) is 4.03.